The highest BCUT2D eigenvalue weighted by Crippen LogP contribution is 2.37. The summed E-state index contributed by atoms with van der Waals surface area (Å²) in [7, 11) is 0. The number of rotatable bonds is 6. The minimum absolute atomic E-state index is 0.113. The molecule has 0 aromatic heterocycles. The van der Waals surface area contributed by atoms with E-state index in [4.69, 9.17) is 0 Å². The molecule has 1 aliphatic rings. The SMILES string of the molecule is CSCC(C)CNC1CC(c2cccc(F)c2)C1. The topological polar surface area (TPSA) is 12.0 Å². The largest absolute Gasteiger partial charge is 0.314 e. The first-order valence-corrected chi connectivity index (χ1v) is 8.06. The Hall–Kier alpha value is -0.540. The first-order chi connectivity index (χ1) is 8.69. The molecule has 1 unspecified atom stereocenters. The zero-order valence-corrected chi connectivity index (χ0v) is 12.0. The molecule has 0 heterocycles. The van der Waals surface area contributed by atoms with Crippen molar-refractivity contribution in [1.29, 1.82) is 0 Å². The van der Waals surface area contributed by atoms with Crippen molar-refractivity contribution in [3.05, 3.63) is 35.6 Å². The van der Waals surface area contributed by atoms with E-state index in [-0.39, 0.29) is 5.82 Å². The third-order valence-electron chi connectivity index (χ3n) is 3.66. The highest BCUT2D eigenvalue weighted by molar-refractivity contribution is 7.98. The van der Waals surface area contributed by atoms with Gasteiger partial charge >= 0.3 is 0 Å². The van der Waals surface area contributed by atoms with Crippen LogP contribution in [-0.4, -0.2) is 24.6 Å². The van der Waals surface area contributed by atoms with Crippen molar-refractivity contribution in [3.8, 4) is 0 Å². The van der Waals surface area contributed by atoms with Gasteiger partial charge in [0.2, 0.25) is 0 Å². The van der Waals surface area contributed by atoms with Gasteiger partial charge in [0, 0.05) is 6.04 Å². The standard InChI is InChI=1S/C15H22FNS/c1-11(10-18-2)9-17-15-7-13(8-15)12-4-3-5-14(16)6-12/h3-6,11,13,15,17H,7-10H2,1-2H3. The zero-order chi connectivity index (χ0) is 13.0. The van der Waals surface area contributed by atoms with Gasteiger partial charge in [0.25, 0.3) is 0 Å². The van der Waals surface area contributed by atoms with Gasteiger partial charge in [-0.25, -0.2) is 4.39 Å². The molecule has 1 nitrogen and oxygen atoms in total. The predicted octanol–water partition coefficient (Wildman–Crippen LogP) is 3.66. The summed E-state index contributed by atoms with van der Waals surface area (Å²) in [6.45, 7) is 3.38. The molecule has 0 aliphatic heterocycles. The summed E-state index contributed by atoms with van der Waals surface area (Å²) in [4.78, 5) is 0. The number of hydrogen-bond acceptors (Lipinski definition) is 2. The van der Waals surface area contributed by atoms with Crippen LogP contribution in [0.2, 0.25) is 0 Å². The van der Waals surface area contributed by atoms with Crippen LogP contribution in [0.4, 0.5) is 4.39 Å². The molecular formula is C15H22FNS. The highest BCUT2D eigenvalue weighted by Gasteiger charge is 2.30. The second kappa shape index (κ2) is 6.58. The Bertz CT molecular complexity index is 377. The smallest absolute Gasteiger partial charge is 0.123 e. The normalized spacial score (nSPS) is 24.6. The Morgan fingerprint density at radius 3 is 2.89 bits per heavy atom. The number of nitrogens with one attached hydrogen (secondary N) is 1. The van der Waals surface area contributed by atoms with Gasteiger partial charge in [-0.1, -0.05) is 19.1 Å². The molecule has 1 aromatic rings. The Balaban J connectivity index is 1.71. The van der Waals surface area contributed by atoms with E-state index in [1.54, 1.807) is 6.07 Å². The Morgan fingerprint density at radius 2 is 2.22 bits per heavy atom. The molecule has 0 radical (unpaired) electrons. The van der Waals surface area contributed by atoms with Crippen LogP contribution in [-0.2, 0) is 0 Å². The van der Waals surface area contributed by atoms with Crippen LogP contribution in [0.1, 0.15) is 31.2 Å². The maximum absolute atomic E-state index is 13.1. The average molecular weight is 267 g/mol. The predicted molar refractivity (Wildman–Crippen MR) is 77.7 cm³/mol. The summed E-state index contributed by atoms with van der Waals surface area (Å²) in [6.07, 6.45) is 4.45. The summed E-state index contributed by atoms with van der Waals surface area (Å²) in [5.74, 6) is 2.38. The van der Waals surface area contributed by atoms with E-state index in [0.29, 0.717) is 12.0 Å². The summed E-state index contributed by atoms with van der Waals surface area (Å²) < 4.78 is 13.1. The van der Waals surface area contributed by atoms with E-state index < -0.39 is 0 Å². The third-order valence-corrected chi connectivity index (χ3v) is 4.57. The molecule has 1 fully saturated rings. The number of benzene rings is 1. The van der Waals surface area contributed by atoms with E-state index in [0.717, 1.165) is 30.9 Å². The second-order valence-corrected chi connectivity index (χ2v) is 6.30. The van der Waals surface area contributed by atoms with Gasteiger partial charge in [0.1, 0.15) is 5.82 Å². The number of halogens is 1. The molecule has 0 bridgehead atoms. The molecule has 2 rings (SSSR count). The fourth-order valence-electron chi connectivity index (χ4n) is 2.53. The molecular weight excluding hydrogens is 245 g/mol. The van der Waals surface area contributed by atoms with Gasteiger partial charge in [-0.05, 0) is 60.9 Å². The van der Waals surface area contributed by atoms with Crippen molar-refractivity contribution < 1.29 is 4.39 Å². The molecule has 1 saturated carbocycles. The molecule has 100 valence electrons. The molecule has 1 aliphatic carbocycles. The summed E-state index contributed by atoms with van der Waals surface area (Å²) in [5.41, 5.74) is 1.16. The Kier molecular flexibility index (Phi) is 5.07. The Labute approximate surface area is 114 Å². The quantitative estimate of drug-likeness (QED) is 0.844. The van der Waals surface area contributed by atoms with Crippen molar-refractivity contribution >= 4 is 11.8 Å². The van der Waals surface area contributed by atoms with E-state index in [9.17, 15) is 4.39 Å². The van der Waals surface area contributed by atoms with Crippen molar-refractivity contribution in [2.45, 2.75) is 31.7 Å². The first kappa shape index (κ1) is 13.9. The second-order valence-electron chi connectivity index (χ2n) is 5.39. The van der Waals surface area contributed by atoms with Gasteiger partial charge in [-0.3, -0.25) is 0 Å². The van der Waals surface area contributed by atoms with Gasteiger partial charge in [0.05, 0.1) is 0 Å². The third kappa shape index (κ3) is 3.72. The molecule has 3 heteroatoms. The van der Waals surface area contributed by atoms with Gasteiger partial charge < -0.3 is 5.32 Å². The van der Waals surface area contributed by atoms with Crippen LogP contribution in [0.15, 0.2) is 24.3 Å². The fraction of sp³-hybridized carbons (Fsp3) is 0.600. The molecule has 0 saturated heterocycles. The average Bonchev–Trinajstić information content (AvgIpc) is 2.27. The van der Waals surface area contributed by atoms with Crippen LogP contribution in [0.5, 0.6) is 0 Å². The highest BCUT2D eigenvalue weighted by atomic mass is 32.2. The summed E-state index contributed by atoms with van der Waals surface area (Å²) >= 11 is 1.90. The molecule has 0 spiro atoms. The van der Waals surface area contributed by atoms with Gasteiger partial charge in [-0.15, -0.1) is 0 Å². The van der Waals surface area contributed by atoms with Crippen LogP contribution >= 0.6 is 11.8 Å². The lowest BCUT2D eigenvalue weighted by molar-refractivity contribution is 0.282. The van der Waals surface area contributed by atoms with E-state index in [1.165, 1.54) is 11.8 Å². The van der Waals surface area contributed by atoms with Gasteiger partial charge in [-0.2, -0.15) is 11.8 Å². The van der Waals surface area contributed by atoms with Crippen LogP contribution in [0.25, 0.3) is 0 Å². The minimum atomic E-state index is -0.113. The maximum atomic E-state index is 13.1. The summed E-state index contributed by atoms with van der Waals surface area (Å²) in [5, 5.41) is 3.61. The lowest BCUT2D eigenvalue weighted by atomic mass is 9.76. The van der Waals surface area contributed by atoms with E-state index in [1.807, 2.05) is 23.9 Å². The number of hydrogen-bond donors (Lipinski definition) is 1. The minimum Gasteiger partial charge on any atom is -0.314 e. The lowest BCUT2D eigenvalue weighted by Gasteiger charge is -2.37. The van der Waals surface area contributed by atoms with E-state index >= 15 is 0 Å². The lowest BCUT2D eigenvalue weighted by Crippen LogP contribution is -2.42. The first-order valence-electron chi connectivity index (χ1n) is 6.67. The van der Waals surface area contributed by atoms with Gasteiger partial charge in [0.15, 0.2) is 0 Å². The van der Waals surface area contributed by atoms with Crippen molar-refractivity contribution in [1.82, 2.24) is 5.32 Å². The number of thioether (sulfide) groups is 1. The molecule has 1 atom stereocenters. The monoisotopic (exact) mass is 267 g/mol. The Morgan fingerprint density at radius 1 is 1.44 bits per heavy atom. The molecule has 1 aromatic carbocycles. The van der Waals surface area contributed by atoms with Crippen molar-refractivity contribution in [3.63, 3.8) is 0 Å². The molecule has 0 amide bonds. The van der Waals surface area contributed by atoms with Crippen molar-refractivity contribution in [2.75, 3.05) is 18.6 Å². The van der Waals surface area contributed by atoms with E-state index in [2.05, 4.69) is 18.5 Å². The molecule has 18 heavy (non-hydrogen) atoms. The molecule has 1 N–H and O–H groups in total. The van der Waals surface area contributed by atoms with Crippen LogP contribution < -0.4 is 5.32 Å². The van der Waals surface area contributed by atoms with Crippen LogP contribution in [0.3, 0.4) is 0 Å². The van der Waals surface area contributed by atoms with Crippen molar-refractivity contribution in [2.24, 2.45) is 5.92 Å². The fourth-order valence-corrected chi connectivity index (χ4v) is 3.22. The zero-order valence-electron chi connectivity index (χ0n) is 11.2. The maximum Gasteiger partial charge on any atom is 0.123 e. The summed E-state index contributed by atoms with van der Waals surface area (Å²) in [6, 6.07) is 7.67. The van der Waals surface area contributed by atoms with Crippen LogP contribution in [0, 0.1) is 11.7 Å².